The van der Waals surface area contributed by atoms with E-state index >= 15 is 0 Å². The zero-order valence-corrected chi connectivity index (χ0v) is 12.2. The van der Waals surface area contributed by atoms with E-state index in [9.17, 15) is 9.59 Å². The number of carbonyl (C=O) groups excluding carboxylic acids is 2. The Hall–Kier alpha value is -2.08. The second-order valence-electron chi connectivity index (χ2n) is 5.23. The molecule has 0 saturated carbocycles. The Labute approximate surface area is 123 Å². The van der Waals surface area contributed by atoms with Crippen LogP contribution in [0.1, 0.15) is 24.2 Å². The second kappa shape index (κ2) is 6.58. The highest BCUT2D eigenvalue weighted by Gasteiger charge is 2.25. The van der Waals surface area contributed by atoms with Gasteiger partial charge in [-0.1, -0.05) is 0 Å². The predicted molar refractivity (Wildman–Crippen MR) is 77.0 cm³/mol. The molecule has 2 amide bonds. The van der Waals surface area contributed by atoms with Gasteiger partial charge in [-0.25, -0.2) is 0 Å². The fourth-order valence-corrected chi connectivity index (χ4v) is 2.33. The van der Waals surface area contributed by atoms with Crippen LogP contribution >= 0.6 is 0 Å². The number of ether oxygens (including phenoxy) is 2. The van der Waals surface area contributed by atoms with Crippen molar-refractivity contribution in [2.24, 2.45) is 5.73 Å². The maximum Gasteiger partial charge on any atom is 0.260 e. The van der Waals surface area contributed by atoms with E-state index in [0.717, 1.165) is 0 Å². The Morgan fingerprint density at radius 3 is 2.33 bits per heavy atom. The van der Waals surface area contributed by atoms with Crippen molar-refractivity contribution in [2.75, 3.05) is 19.7 Å². The maximum atomic E-state index is 12.1. The average molecular weight is 292 g/mol. The summed E-state index contributed by atoms with van der Waals surface area (Å²) >= 11 is 0. The minimum atomic E-state index is -0.492. The van der Waals surface area contributed by atoms with Crippen LogP contribution in [-0.2, 0) is 9.53 Å². The summed E-state index contributed by atoms with van der Waals surface area (Å²) in [6.07, 6.45) is 0.0695. The summed E-state index contributed by atoms with van der Waals surface area (Å²) < 4.78 is 11.0. The summed E-state index contributed by atoms with van der Waals surface area (Å²) in [4.78, 5) is 24.8. The molecule has 0 radical (unpaired) electrons. The molecule has 2 atom stereocenters. The molecule has 1 aromatic carbocycles. The van der Waals surface area contributed by atoms with Crippen LogP contribution in [0, 0.1) is 0 Å². The van der Waals surface area contributed by atoms with Gasteiger partial charge < -0.3 is 20.1 Å². The molecule has 114 valence electrons. The lowest BCUT2D eigenvalue weighted by Gasteiger charge is -2.35. The highest BCUT2D eigenvalue weighted by Crippen LogP contribution is 2.14. The van der Waals surface area contributed by atoms with Crippen LogP contribution in [0.15, 0.2) is 24.3 Å². The zero-order chi connectivity index (χ0) is 15.4. The molecule has 0 aromatic heterocycles. The molecule has 1 aromatic rings. The van der Waals surface area contributed by atoms with E-state index < -0.39 is 5.91 Å². The fourth-order valence-electron chi connectivity index (χ4n) is 2.33. The van der Waals surface area contributed by atoms with Gasteiger partial charge in [-0.2, -0.15) is 0 Å². The van der Waals surface area contributed by atoms with E-state index in [1.165, 1.54) is 0 Å². The van der Waals surface area contributed by atoms with Crippen molar-refractivity contribution in [3.8, 4) is 5.75 Å². The van der Waals surface area contributed by atoms with Gasteiger partial charge >= 0.3 is 0 Å². The number of primary amides is 1. The van der Waals surface area contributed by atoms with Gasteiger partial charge in [0.05, 0.1) is 12.2 Å². The third-order valence-electron chi connectivity index (χ3n) is 3.27. The first kappa shape index (κ1) is 15.3. The SMILES string of the molecule is C[C@H]1CN(C(=O)COc2ccc(C(N)=O)cc2)C[C@H](C)O1. The number of benzene rings is 1. The lowest BCUT2D eigenvalue weighted by Crippen LogP contribution is -2.49. The van der Waals surface area contributed by atoms with Crippen molar-refractivity contribution in [1.29, 1.82) is 0 Å². The van der Waals surface area contributed by atoms with Gasteiger partial charge in [-0.3, -0.25) is 9.59 Å². The van der Waals surface area contributed by atoms with E-state index in [4.69, 9.17) is 15.2 Å². The van der Waals surface area contributed by atoms with Gasteiger partial charge in [-0.05, 0) is 38.1 Å². The Balaban J connectivity index is 1.87. The van der Waals surface area contributed by atoms with Crippen molar-refractivity contribution in [3.63, 3.8) is 0 Å². The van der Waals surface area contributed by atoms with Gasteiger partial charge in [0.2, 0.25) is 5.91 Å². The molecular formula is C15H20N2O4. The van der Waals surface area contributed by atoms with Crippen molar-refractivity contribution >= 4 is 11.8 Å². The number of nitrogens with zero attached hydrogens (tertiary/aromatic N) is 1. The number of hydrogen-bond acceptors (Lipinski definition) is 4. The third kappa shape index (κ3) is 4.19. The second-order valence-corrected chi connectivity index (χ2v) is 5.23. The van der Waals surface area contributed by atoms with Crippen molar-refractivity contribution in [3.05, 3.63) is 29.8 Å². The van der Waals surface area contributed by atoms with Gasteiger partial charge in [-0.15, -0.1) is 0 Å². The minimum Gasteiger partial charge on any atom is -0.484 e. The topological polar surface area (TPSA) is 81.9 Å². The van der Waals surface area contributed by atoms with Crippen LogP contribution in [0.4, 0.5) is 0 Å². The van der Waals surface area contributed by atoms with E-state index in [1.807, 2.05) is 13.8 Å². The predicted octanol–water partition coefficient (Wildman–Crippen LogP) is 0.800. The van der Waals surface area contributed by atoms with Gasteiger partial charge in [0.1, 0.15) is 5.75 Å². The largest absolute Gasteiger partial charge is 0.484 e. The summed E-state index contributed by atoms with van der Waals surface area (Å²) in [5.41, 5.74) is 5.56. The first-order chi connectivity index (χ1) is 9.95. The first-order valence-corrected chi connectivity index (χ1v) is 6.91. The lowest BCUT2D eigenvalue weighted by molar-refractivity contribution is -0.145. The van der Waals surface area contributed by atoms with Crippen LogP contribution in [0.25, 0.3) is 0 Å². The Bertz CT molecular complexity index is 505. The number of nitrogens with two attached hydrogens (primary N) is 1. The molecule has 1 heterocycles. The van der Waals surface area contributed by atoms with Crippen LogP contribution in [0.5, 0.6) is 5.75 Å². The van der Waals surface area contributed by atoms with Gasteiger partial charge in [0.25, 0.3) is 5.91 Å². The quantitative estimate of drug-likeness (QED) is 0.890. The number of morpholine rings is 1. The smallest absolute Gasteiger partial charge is 0.260 e. The molecule has 6 nitrogen and oxygen atoms in total. The zero-order valence-electron chi connectivity index (χ0n) is 12.2. The number of hydrogen-bond donors (Lipinski definition) is 1. The molecule has 0 unspecified atom stereocenters. The maximum absolute atomic E-state index is 12.1. The fraction of sp³-hybridized carbons (Fsp3) is 0.467. The molecule has 0 aliphatic carbocycles. The molecule has 21 heavy (non-hydrogen) atoms. The van der Waals surface area contributed by atoms with Crippen molar-refractivity contribution < 1.29 is 19.1 Å². The van der Waals surface area contributed by atoms with Crippen LogP contribution in [0.2, 0.25) is 0 Å². The molecule has 2 rings (SSSR count). The number of amides is 2. The Morgan fingerprint density at radius 2 is 1.81 bits per heavy atom. The highest BCUT2D eigenvalue weighted by atomic mass is 16.5. The number of carbonyl (C=O) groups is 2. The summed E-state index contributed by atoms with van der Waals surface area (Å²) in [7, 11) is 0. The molecule has 2 N–H and O–H groups in total. The highest BCUT2D eigenvalue weighted by molar-refractivity contribution is 5.92. The summed E-state index contributed by atoms with van der Waals surface area (Å²) in [6.45, 7) is 5.01. The molecule has 1 aliphatic heterocycles. The van der Waals surface area contributed by atoms with Crippen LogP contribution in [-0.4, -0.2) is 48.6 Å². The van der Waals surface area contributed by atoms with Gasteiger partial charge in [0.15, 0.2) is 6.61 Å². The Kier molecular flexibility index (Phi) is 4.80. The molecule has 6 heteroatoms. The van der Waals surface area contributed by atoms with E-state index in [1.54, 1.807) is 29.2 Å². The van der Waals surface area contributed by atoms with Crippen molar-refractivity contribution in [1.82, 2.24) is 4.90 Å². The first-order valence-electron chi connectivity index (χ1n) is 6.91. The van der Waals surface area contributed by atoms with Crippen LogP contribution < -0.4 is 10.5 Å². The number of rotatable bonds is 4. The van der Waals surface area contributed by atoms with Crippen molar-refractivity contribution in [2.45, 2.75) is 26.1 Å². The van der Waals surface area contributed by atoms with Gasteiger partial charge in [0, 0.05) is 18.7 Å². The standard InChI is InChI=1S/C15H20N2O4/c1-10-7-17(8-11(2)21-10)14(18)9-20-13-5-3-12(4-6-13)15(16)19/h3-6,10-11H,7-9H2,1-2H3,(H2,16,19)/t10-,11-/m0/s1. The molecule has 0 bridgehead atoms. The lowest BCUT2D eigenvalue weighted by atomic mass is 10.2. The van der Waals surface area contributed by atoms with E-state index in [2.05, 4.69) is 0 Å². The summed E-state index contributed by atoms with van der Waals surface area (Å²) in [6, 6.07) is 6.39. The van der Waals surface area contributed by atoms with Crippen LogP contribution in [0.3, 0.4) is 0 Å². The average Bonchev–Trinajstić information content (AvgIpc) is 2.44. The monoisotopic (exact) mass is 292 g/mol. The summed E-state index contributed by atoms with van der Waals surface area (Å²) in [5.74, 6) is -0.0346. The Morgan fingerprint density at radius 1 is 1.24 bits per heavy atom. The third-order valence-corrected chi connectivity index (χ3v) is 3.27. The van der Waals surface area contributed by atoms with E-state index in [0.29, 0.717) is 24.4 Å². The molecule has 1 fully saturated rings. The molecular weight excluding hydrogens is 272 g/mol. The molecule has 1 aliphatic rings. The molecule has 1 saturated heterocycles. The van der Waals surface area contributed by atoms with E-state index in [-0.39, 0.29) is 24.7 Å². The normalized spacial score (nSPS) is 21.9. The minimum absolute atomic E-state index is 0.0324. The molecule has 0 spiro atoms. The summed E-state index contributed by atoms with van der Waals surface area (Å²) in [5, 5.41) is 0.